The first-order valence-electron chi connectivity index (χ1n) is 11.2. The normalized spacial score (nSPS) is 13.6. The van der Waals surface area contributed by atoms with Crippen molar-refractivity contribution < 1.29 is 27.9 Å². The number of hydrazone groups is 1. The largest absolute Gasteiger partial charge is 0.482 e. The van der Waals surface area contributed by atoms with E-state index in [1.807, 2.05) is 0 Å². The number of hydrazine groups is 1. The Morgan fingerprint density at radius 2 is 1.86 bits per heavy atom. The summed E-state index contributed by atoms with van der Waals surface area (Å²) in [6, 6.07) is 10.1. The predicted octanol–water partition coefficient (Wildman–Crippen LogP) is 4.34. The number of hydrogen-bond donors (Lipinski definition) is 3. The zero-order valence-electron chi connectivity index (χ0n) is 19.5. The van der Waals surface area contributed by atoms with Gasteiger partial charge in [0.1, 0.15) is 17.3 Å². The molecule has 0 unspecified atom stereocenters. The molecule has 0 saturated heterocycles. The number of nitrogens with one attached hydrogen (secondary N) is 3. The molecule has 3 N–H and O–H groups in total. The lowest BCUT2D eigenvalue weighted by Crippen LogP contribution is -2.43. The van der Waals surface area contributed by atoms with Gasteiger partial charge in [0.15, 0.2) is 12.4 Å². The zero-order chi connectivity index (χ0) is 26.5. The second kappa shape index (κ2) is 11.4. The standard InChI is InChI=1S/C25H21Cl2FN4O5/c1-13-22-18(29-31-24(34)15-5-2-3-6-17(15)28)7-4-8-20(22)37-23(13)25(35)32-30-21(33)12-36-19-10-9-14(26)11-16(19)27/h2-3,5-6,9-11H,4,7-8,12H2,1H3,(H,30,33)(H,31,34)(H,32,35)/b29-18+. The Balaban J connectivity index is 1.39. The average Bonchev–Trinajstić information content (AvgIpc) is 3.22. The lowest BCUT2D eigenvalue weighted by Gasteiger charge is -2.13. The van der Waals surface area contributed by atoms with Gasteiger partial charge in [-0.15, -0.1) is 0 Å². The van der Waals surface area contributed by atoms with Gasteiger partial charge in [-0.1, -0.05) is 35.3 Å². The van der Waals surface area contributed by atoms with E-state index in [2.05, 4.69) is 21.4 Å². The van der Waals surface area contributed by atoms with Crippen molar-refractivity contribution in [3.8, 4) is 5.75 Å². The summed E-state index contributed by atoms with van der Waals surface area (Å²) in [5.74, 6) is -1.89. The van der Waals surface area contributed by atoms with Gasteiger partial charge in [-0.25, -0.2) is 9.82 Å². The summed E-state index contributed by atoms with van der Waals surface area (Å²) >= 11 is 11.8. The quantitative estimate of drug-likeness (QED) is 0.397. The number of halogens is 3. The summed E-state index contributed by atoms with van der Waals surface area (Å²) in [7, 11) is 0. The predicted molar refractivity (Wildman–Crippen MR) is 134 cm³/mol. The number of carbonyl (C=O) groups is 3. The van der Waals surface area contributed by atoms with Crippen molar-refractivity contribution in [2.75, 3.05) is 6.61 Å². The number of amides is 3. The fourth-order valence-corrected chi connectivity index (χ4v) is 4.24. The van der Waals surface area contributed by atoms with Crippen LogP contribution in [-0.2, 0) is 11.2 Å². The minimum Gasteiger partial charge on any atom is -0.482 e. The van der Waals surface area contributed by atoms with E-state index in [9.17, 15) is 18.8 Å². The highest BCUT2D eigenvalue weighted by Gasteiger charge is 2.28. The zero-order valence-corrected chi connectivity index (χ0v) is 21.0. The lowest BCUT2D eigenvalue weighted by atomic mass is 9.93. The SMILES string of the molecule is Cc1c(C(=O)NNC(=O)COc2ccc(Cl)cc2Cl)oc2c1/C(=N/NC(=O)c1ccccc1F)CCC2. The number of nitrogens with zero attached hydrogens (tertiary/aromatic N) is 1. The number of aryl methyl sites for hydroxylation is 1. The van der Waals surface area contributed by atoms with Crippen LogP contribution < -0.4 is 21.0 Å². The van der Waals surface area contributed by atoms with E-state index in [1.54, 1.807) is 19.1 Å². The third-order valence-electron chi connectivity index (χ3n) is 5.51. The number of ether oxygens (including phenoxy) is 1. The third-order valence-corrected chi connectivity index (χ3v) is 6.04. The molecule has 0 spiro atoms. The Kier molecular flexibility index (Phi) is 8.10. The minimum absolute atomic E-state index is 0.0120. The van der Waals surface area contributed by atoms with Crippen LogP contribution in [0.5, 0.6) is 5.75 Å². The van der Waals surface area contributed by atoms with Crippen molar-refractivity contribution in [2.24, 2.45) is 5.10 Å². The van der Waals surface area contributed by atoms with E-state index in [4.69, 9.17) is 32.4 Å². The Morgan fingerprint density at radius 1 is 1.08 bits per heavy atom. The fraction of sp³-hybridized carbons (Fsp3) is 0.200. The molecule has 2 aromatic carbocycles. The van der Waals surface area contributed by atoms with E-state index >= 15 is 0 Å². The van der Waals surface area contributed by atoms with Crippen molar-refractivity contribution >= 4 is 46.6 Å². The maximum absolute atomic E-state index is 13.9. The molecule has 12 heteroatoms. The Morgan fingerprint density at radius 3 is 2.62 bits per heavy atom. The molecule has 0 saturated carbocycles. The first-order chi connectivity index (χ1) is 17.7. The molecule has 4 rings (SSSR count). The van der Waals surface area contributed by atoms with Crippen LogP contribution in [0.3, 0.4) is 0 Å². The van der Waals surface area contributed by atoms with Crippen molar-refractivity contribution in [1.29, 1.82) is 0 Å². The van der Waals surface area contributed by atoms with Gasteiger partial charge in [-0.3, -0.25) is 25.2 Å². The summed E-state index contributed by atoms with van der Waals surface area (Å²) in [5, 5.41) is 4.83. The fourth-order valence-electron chi connectivity index (χ4n) is 3.78. The van der Waals surface area contributed by atoms with Gasteiger partial charge in [-0.05, 0) is 50.1 Å². The van der Waals surface area contributed by atoms with Crippen molar-refractivity contribution in [3.05, 3.63) is 86.5 Å². The molecule has 9 nitrogen and oxygen atoms in total. The molecular weight excluding hydrogens is 526 g/mol. The summed E-state index contributed by atoms with van der Waals surface area (Å²) in [5.41, 5.74) is 8.36. The maximum atomic E-state index is 13.9. The number of hydrogen-bond acceptors (Lipinski definition) is 6. The third kappa shape index (κ3) is 6.10. The summed E-state index contributed by atoms with van der Waals surface area (Å²) in [6.45, 7) is 1.26. The van der Waals surface area contributed by atoms with Gasteiger partial charge in [0.2, 0.25) is 0 Å². The smallest absolute Gasteiger partial charge is 0.305 e. The van der Waals surface area contributed by atoms with Crippen LogP contribution in [0.1, 0.15) is 50.6 Å². The summed E-state index contributed by atoms with van der Waals surface area (Å²) in [4.78, 5) is 37.2. The lowest BCUT2D eigenvalue weighted by molar-refractivity contribution is -0.123. The van der Waals surface area contributed by atoms with Crippen LogP contribution >= 0.6 is 23.2 Å². The van der Waals surface area contributed by atoms with E-state index in [1.165, 1.54) is 30.3 Å². The maximum Gasteiger partial charge on any atom is 0.305 e. The highest BCUT2D eigenvalue weighted by Crippen LogP contribution is 2.30. The molecule has 0 bridgehead atoms. The molecule has 192 valence electrons. The Bertz CT molecular complexity index is 1410. The van der Waals surface area contributed by atoms with Gasteiger partial charge in [-0.2, -0.15) is 5.10 Å². The molecule has 1 aliphatic rings. The average molecular weight is 547 g/mol. The van der Waals surface area contributed by atoms with Crippen LogP contribution in [0.2, 0.25) is 10.0 Å². The monoisotopic (exact) mass is 546 g/mol. The topological polar surface area (TPSA) is 122 Å². The van der Waals surface area contributed by atoms with Crippen LogP contribution in [0, 0.1) is 12.7 Å². The first-order valence-corrected chi connectivity index (χ1v) is 11.9. The molecule has 0 aliphatic heterocycles. The van der Waals surface area contributed by atoms with Crippen LogP contribution in [0.4, 0.5) is 4.39 Å². The van der Waals surface area contributed by atoms with E-state index < -0.39 is 30.1 Å². The molecule has 0 radical (unpaired) electrons. The molecular formula is C25H21Cl2FN4O5. The molecule has 37 heavy (non-hydrogen) atoms. The highest BCUT2D eigenvalue weighted by molar-refractivity contribution is 6.35. The second-order valence-electron chi connectivity index (χ2n) is 8.05. The molecule has 0 fully saturated rings. The molecule has 3 aromatic rings. The Hall–Kier alpha value is -3.89. The summed E-state index contributed by atoms with van der Waals surface area (Å²) < 4.78 is 25.0. The number of furan rings is 1. The second-order valence-corrected chi connectivity index (χ2v) is 8.90. The van der Waals surface area contributed by atoms with Gasteiger partial charge in [0.25, 0.3) is 11.8 Å². The van der Waals surface area contributed by atoms with Crippen LogP contribution in [-0.4, -0.2) is 30.0 Å². The van der Waals surface area contributed by atoms with Crippen LogP contribution in [0.25, 0.3) is 0 Å². The van der Waals surface area contributed by atoms with E-state index in [-0.39, 0.29) is 22.1 Å². The molecule has 0 atom stereocenters. The van der Waals surface area contributed by atoms with Gasteiger partial charge in [0.05, 0.1) is 16.3 Å². The van der Waals surface area contributed by atoms with Crippen molar-refractivity contribution in [1.82, 2.24) is 16.3 Å². The van der Waals surface area contributed by atoms with Crippen LogP contribution in [0.15, 0.2) is 52.0 Å². The number of rotatable bonds is 6. The number of carbonyl (C=O) groups excluding carboxylic acids is 3. The Labute approximate surface area is 220 Å². The summed E-state index contributed by atoms with van der Waals surface area (Å²) in [6.07, 6.45) is 1.76. The van der Waals surface area contributed by atoms with Gasteiger partial charge in [0, 0.05) is 22.6 Å². The van der Waals surface area contributed by atoms with Crippen molar-refractivity contribution in [3.63, 3.8) is 0 Å². The van der Waals surface area contributed by atoms with Crippen molar-refractivity contribution in [2.45, 2.75) is 26.2 Å². The van der Waals surface area contributed by atoms with Gasteiger partial charge >= 0.3 is 5.91 Å². The molecule has 3 amide bonds. The first kappa shape index (κ1) is 26.2. The minimum atomic E-state index is -0.693. The molecule has 1 aliphatic carbocycles. The van der Waals surface area contributed by atoms with E-state index in [0.717, 1.165) is 0 Å². The number of fused-ring (bicyclic) bond motifs is 1. The van der Waals surface area contributed by atoms with E-state index in [0.29, 0.717) is 46.9 Å². The molecule has 1 aromatic heterocycles. The molecule has 1 heterocycles. The highest BCUT2D eigenvalue weighted by atomic mass is 35.5. The number of benzene rings is 2. The van der Waals surface area contributed by atoms with Gasteiger partial charge < -0.3 is 9.15 Å².